The fourth-order valence-corrected chi connectivity index (χ4v) is 1.48. The summed E-state index contributed by atoms with van der Waals surface area (Å²) in [5, 5.41) is 2.96. The van der Waals surface area contributed by atoms with Crippen LogP contribution in [-0.4, -0.2) is 25.7 Å². The lowest BCUT2D eigenvalue weighted by Crippen LogP contribution is -2.26. The first-order chi connectivity index (χ1) is 8.50. The van der Waals surface area contributed by atoms with Crippen LogP contribution in [0.4, 0.5) is 8.78 Å². The van der Waals surface area contributed by atoms with Crippen LogP contribution >= 0.6 is 0 Å². The van der Waals surface area contributed by atoms with Crippen molar-refractivity contribution < 1.29 is 18.3 Å². The summed E-state index contributed by atoms with van der Waals surface area (Å²) in [4.78, 5) is 10.4. The van der Waals surface area contributed by atoms with Gasteiger partial charge in [-0.05, 0) is 25.1 Å². The molecule has 100 valence electrons. The fourth-order valence-electron chi connectivity index (χ4n) is 1.48. The molecule has 0 saturated heterocycles. The Morgan fingerprint density at radius 3 is 2.89 bits per heavy atom. The zero-order valence-corrected chi connectivity index (χ0v) is 10.1. The first-order valence-electron chi connectivity index (χ1n) is 5.55. The third-order valence-electron chi connectivity index (χ3n) is 2.37. The predicted molar refractivity (Wildman–Crippen MR) is 62.8 cm³/mol. The van der Waals surface area contributed by atoms with Gasteiger partial charge in [-0.1, -0.05) is 0 Å². The zero-order chi connectivity index (χ0) is 13.5. The van der Waals surface area contributed by atoms with Gasteiger partial charge in [-0.2, -0.15) is 0 Å². The van der Waals surface area contributed by atoms with Crippen molar-refractivity contribution in [1.29, 1.82) is 0 Å². The molecule has 3 N–H and O–H groups in total. The van der Waals surface area contributed by atoms with Crippen molar-refractivity contribution in [3.8, 4) is 0 Å². The van der Waals surface area contributed by atoms with Crippen molar-refractivity contribution in [2.24, 2.45) is 5.73 Å². The molecule has 0 aromatic heterocycles. The minimum Gasteiger partial charge on any atom is -0.370 e. The van der Waals surface area contributed by atoms with E-state index in [9.17, 15) is 13.6 Å². The number of ether oxygens (including phenoxy) is 1. The monoisotopic (exact) mass is 258 g/mol. The highest BCUT2D eigenvalue weighted by molar-refractivity contribution is 5.74. The van der Waals surface area contributed by atoms with Crippen LogP contribution in [0.1, 0.15) is 18.5 Å². The molecule has 0 fully saturated rings. The first kappa shape index (κ1) is 14.5. The number of nitrogens with two attached hydrogens (primary N) is 1. The molecule has 0 spiro atoms. The third-order valence-corrected chi connectivity index (χ3v) is 2.37. The molecule has 1 aromatic rings. The van der Waals surface area contributed by atoms with Crippen LogP contribution in [0, 0.1) is 11.6 Å². The van der Waals surface area contributed by atoms with Gasteiger partial charge in [0.2, 0.25) is 5.91 Å². The topological polar surface area (TPSA) is 64.3 Å². The summed E-state index contributed by atoms with van der Waals surface area (Å²) in [6.45, 7) is 2.24. The number of hydrogen-bond donors (Lipinski definition) is 2. The highest BCUT2D eigenvalue weighted by Gasteiger charge is 2.11. The summed E-state index contributed by atoms with van der Waals surface area (Å²) in [6, 6.07) is 2.96. The number of benzene rings is 1. The number of halogens is 2. The molecule has 0 heterocycles. The van der Waals surface area contributed by atoms with Crippen molar-refractivity contribution in [1.82, 2.24) is 5.32 Å². The van der Waals surface area contributed by atoms with Crippen LogP contribution in [0.5, 0.6) is 0 Å². The third kappa shape index (κ3) is 4.77. The number of amides is 1. The Labute approximate surface area is 104 Å². The summed E-state index contributed by atoms with van der Waals surface area (Å²) in [5.74, 6) is -1.49. The molecular formula is C12H16F2N2O2. The van der Waals surface area contributed by atoms with Gasteiger partial charge in [0.1, 0.15) is 18.2 Å². The van der Waals surface area contributed by atoms with E-state index < -0.39 is 17.5 Å². The van der Waals surface area contributed by atoms with Crippen molar-refractivity contribution in [2.45, 2.75) is 13.0 Å². The van der Waals surface area contributed by atoms with Crippen LogP contribution in [0.3, 0.4) is 0 Å². The lowest BCUT2D eigenvalue weighted by molar-refractivity contribution is -0.122. The molecule has 1 unspecified atom stereocenters. The molecule has 4 nitrogen and oxygen atoms in total. The van der Waals surface area contributed by atoms with Gasteiger partial charge in [-0.25, -0.2) is 8.78 Å². The van der Waals surface area contributed by atoms with Crippen LogP contribution in [0.15, 0.2) is 18.2 Å². The van der Waals surface area contributed by atoms with E-state index in [0.717, 1.165) is 18.2 Å². The SMILES string of the molecule is CC(NCCOCC(N)=O)c1cc(F)ccc1F. The molecule has 18 heavy (non-hydrogen) atoms. The number of primary amides is 1. The Hall–Kier alpha value is -1.53. The quantitative estimate of drug-likeness (QED) is 0.720. The first-order valence-corrected chi connectivity index (χ1v) is 5.55. The maximum Gasteiger partial charge on any atom is 0.243 e. The van der Waals surface area contributed by atoms with E-state index >= 15 is 0 Å². The minimum absolute atomic E-state index is 0.148. The molecule has 1 rings (SSSR count). The van der Waals surface area contributed by atoms with E-state index in [4.69, 9.17) is 10.5 Å². The van der Waals surface area contributed by atoms with E-state index in [1.165, 1.54) is 0 Å². The van der Waals surface area contributed by atoms with Gasteiger partial charge in [0.05, 0.1) is 6.61 Å². The standard InChI is InChI=1S/C12H16F2N2O2/c1-8(16-4-5-18-7-12(15)17)10-6-9(13)2-3-11(10)14/h2-3,6,8,16H,4-5,7H2,1H3,(H2,15,17). The number of rotatable bonds is 7. The van der Waals surface area contributed by atoms with E-state index in [-0.39, 0.29) is 24.8 Å². The highest BCUT2D eigenvalue weighted by atomic mass is 19.1. The number of nitrogens with one attached hydrogen (secondary N) is 1. The van der Waals surface area contributed by atoms with Gasteiger partial charge in [0.15, 0.2) is 0 Å². The van der Waals surface area contributed by atoms with Crippen LogP contribution in [-0.2, 0) is 9.53 Å². The average Bonchev–Trinajstić information content (AvgIpc) is 2.31. The summed E-state index contributed by atoms with van der Waals surface area (Å²) >= 11 is 0. The van der Waals surface area contributed by atoms with E-state index in [2.05, 4.69) is 5.32 Å². The van der Waals surface area contributed by atoms with Gasteiger partial charge in [0, 0.05) is 18.2 Å². The Morgan fingerprint density at radius 1 is 1.50 bits per heavy atom. The number of carbonyl (C=O) groups excluding carboxylic acids is 1. The maximum absolute atomic E-state index is 13.4. The lowest BCUT2D eigenvalue weighted by atomic mass is 10.1. The molecule has 1 atom stereocenters. The fraction of sp³-hybridized carbons (Fsp3) is 0.417. The van der Waals surface area contributed by atoms with Gasteiger partial charge >= 0.3 is 0 Å². The summed E-state index contributed by atoms with van der Waals surface area (Å²) in [6.07, 6.45) is 0. The van der Waals surface area contributed by atoms with Crippen molar-refractivity contribution in [3.63, 3.8) is 0 Å². The second-order valence-electron chi connectivity index (χ2n) is 3.86. The molecule has 0 bridgehead atoms. The zero-order valence-electron chi connectivity index (χ0n) is 10.1. The summed E-state index contributed by atoms with van der Waals surface area (Å²) in [5.41, 5.74) is 5.14. The van der Waals surface area contributed by atoms with E-state index in [0.29, 0.717) is 6.54 Å². The second-order valence-corrected chi connectivity index (χ2v) is 3.86. The second kappa shape index (κ2) is 7.03. The van der Waals surface area contributed by atoms with Gasteiger partial charge in [-0.15, -0.1) is 0 Å². The Balaban J connectivity index is 2.38. The average molecular weight is 258 g/mol. The molecule has 1 amide bonds. The molecule has 0 saturated carbocycles. The Morgan fingerprint density at radius 2 is 2.22 bits per heavy atom. The van der Waals surface area contributed by atoms with Crippen LogP contribution < -0.4 is 11.1 Å². The molecule has 6 heteroatoms. The molecule has 0 radical (unpaired) electrons. The molecular weight excluding hydrogens is 242 g/mol. The van der Waals surface area contributed by atoms with E-state index in [1.807, 2.05) is 0 Å². The van der Waals surface area contributed by atoms with E-state index in [1.54, 1.807) is 6.92 Å². The van der Waals surface area contributed by atoms with Gasteiger partial charge < -0.3 is 15.8 Å². The molecule has 0 aliphatic carbocycles. The highest BCUT2D eigenvalue weighted by Crippen LogP contribution is 2.17. The predicted octanol–water partition coefficient (Wildman–Crippen LogP) is 1.12. The largest absolute Gasteiger partial charge is 0.370 e. The Bertz CT molecular complexity index is 413. The molecule has 0 aliphatic heterocycles. The smallest absolute Gasteiger partial charge is 0.243 e. The normalized spacial score (nSPS) is 12.4. The lowest BCUT2D eigenvalue weighted by Gasteiger charge is -2.15. The summed E-state index contributed by atoms with van der Waals surface area (Å²) in [7, 11) is 0. The molecule has 0 aliphatic rings. The van der Waals surface area contributed by atoms with Crippen molar-refractivity contribution >= 4 is 5.91 Å². The number of carbonyl (C=O) groups is 1. The van der Waals surface area contributed by atoms with Gasteiger partial charge in [0.25, 0.3) is 0 Å². The van der Waals surface area contributed by atoms with Gasteiger partial charge in [-0.3, -0.25) is 4.79 Å². The van der Waals surface area contributed by atoms with Crippen molar-refractivity contribution in [3.05, 3.63) is 35.4 Å². The van der Waals surface area contributed by atoms with Crippen LogP contribution in [0.25, 0.3) is 0 Å². The minimum atomic E-state index is -0.542. The van der Waals surface area contributed by atoms with Crippen LogP contribution in [0.2, 0.25) is 0 Å². The Kier molecular flexibility index (Phi) is 5.67. The summed E-state index contributed by atoms with van der Waals surface area (Å²) < 4.78 is 31.3. The molecule has 1 aromatic carbocycles. The number of hydrogen-bond acceptors (Lipinski definition) is 3. The van der Waals surface area contributed by atoms with Crippen molar-refractivity contribution in [2.75, 3.05) is 19.8 Å². The maximum atomic E-state index is 13.4.